The highest BCUT2D eigenvalue weighted by Crippen LogP contribution is 2.34. The van der Waals surface area contributed by atoms with Crippen LogP contribution < -0.4 is 0 Å². The van der Waals surface area contributed by atoms with Gasteiger partial charge < -0.3 is 0 Å². The monoisotopic (exact) mass is 242 g/mol. The van der Waals surface area contributed by atoms with Crippen LogP contribution in [-0.4, -0.2) is 26.4 Å². The van der Waals surface area contributed by atoms with Crippen molar-refractivity contribution in [3.63, 3.8) is 0 Å². The summed E-state index contributed by atoms with van der Waals surface area (Å²) in [6.45, 7) is 6.62. The third-order valence-corrected chi connectivity index (χ3v) is 6.36. The van der Waals surface area contributed by atoms with Gasteiger partial charge in [0.05, 0.1) is 9.16 Å². The molecule has 74 valence electrons. The smallest absolute Gasteiger partial charge is 0.0709 e. The summed E-state index contributed by atoms with van der Waals surface area (Å²) in [6, 6.07) is 0. The van der Waals surface area contributed by atoms with Crippen molar-refractivity contribution in [1.82, 2.24) is 0 Å². The SMILES string of the molecule is CCSC(S)C(SCC)SCC. The first-order valence-corrected chi connectivity index (χ1v) is 7.95. The van der Waals surface area contributed by atoms with Crippen LogP contribution in [0.4, 0.5) is 0 Å². The van der Waals surface area contributed by atoms with Crippen LogP contribution in [0.2, 0.25) is 0 Å². The topological polar surface area (TPSA) is 0 Å². The van der Waals surface area contributed by atoms with Crippen LogP contribution in [0, 0.1) is 0 Å². The molecule has 0 aromatic heterocycles. The van der Waals surface area contributed by atoms with E-state index < -0.39 is 0 Å². The van der Waals surface area contributed by atoms with Gasteiger partial charge in [-0.25, -0.2) is 0 Å². The summed E-state index contributed by atoms with van der Waals surface area (Å²) in [7, 11) is 0. The number of hydrogen-bond donors (Lipinski definition) is 1. The molecule has 0 saturated carbocycles. The molecule has 0 N–H and O–H groups in total. The fourth-order valence-electron chi connectivity index (χ4n) is 0.791. The number of hydrogen-bond acceptors (Lipinski definition) is 4. The maximum Gasteiger partial charge on any atom is 0.0709 e. The fourth-order valence-corrected chi connectivity index (χ4v) is 5.38. The molecular weight excluding hydrogens is 224 g/mol. The quantitative estimate of drug-likeness (QED) is 0.533. The van der Waals surface area contributed by atoms with Gasteiger partial charge in [0.1, 0.15) is 0 Å². The zero-order valence-corrected chi connectivity index (χ0v) is 11.3. The van der Waals surface area contributed by atoms with Gasteiger partial charge in [0.25, 0.3) is 0 Å². The molecule has 0 aliphatic rings. The number of thioether (sulfide) groups is 3. The fraction of sp³-hybridized carbons (Fsp3) is 1.00. The normalized spacial score (nSPS) is 13.8. The van der Waals surface area contributed by atoms with Gasteiger partial charge in [0, 0.05) is 0 Å². The average molecular weight is 242 g/mol. The summed E-state index contributed by atoms with van der Waals surface area (Å²) < 4.78 is 1.15. The highest BCUT2D eigenvalue weighted by atomic mass is 32.2. The zero-order valence-electron chi connectivity index (χ0n) is 7.95. The van der Waals surface area contributed by atoms with Crippen LogP contribution in [0.5, 0.6) is 0 Å². The molecule has 0 saturated heterocycles. The van der Waals surface area contributed by atoms with Crippen molar-refractivity contribution in [2.45, 2.75) is 29.9 Å². The minimum Gasteiger partial charge on any atom is -0.163 e. The van der Waals surface area contributed by atoms with Gasteiger partial charge in [0.15, 0.2) is 0 Å². The minimum absolute atomic E-state index is 0.491. The molecule has 12 heavy (non-hydrogen) atoms. The first-order chi connectivity index (χ1) is 5.76. The zero-order chi connectivity index (χ0) is 9.40. The summed E-state index contributed by atoms with van der Waals surface area (Å²) in [6.07, 6.45) is 0. The standard InChI is InChI=1S/C8H18S4/c1-4-10-7(9)8(11-5-2)12-6-3/h7-9H,4-6H2,1-3H3. The van der Waals surface area contributed by atoms with Gasteiger partial charge in [-0.05, 0) is 17.3 Å². The Labute approximate surface area is 94.8 Å². The number of rotatable bonds is 7. The Morgan fingerprint density at radius 1 is 0.917 bits per heavy atom. The van der Waals surface area contributed by atoms with E-state index in [9.17, 15) is 0 Å². The lowest BCUT2D eigenvalue weighted by Crippen LogP contribution is -2.11. The van der Waals surface area contributed by atoms with Gasteiger partial charge in [0.2, 0.25) is 0 Å². The van der Waals surface area contributed by atoms with Gasteiger partial charge in [-0.1, -0.05) is 20.8 Å². The molecule has 0 rings (SSSR count). The highest BCUT2D eigenvalue weighted by Gasteiger charge is 2.16. The summed E-state index contributed by atoms with van der Waals surface area (Å²) in [5.41, 5.74) is 0. The van der Waals surface area contributed by atoms with Crippen molar-refractivity contribution >= 4 is 47.9 Å². The summed E-state index contributed by atoms with van der Waals surface area (Å²) in [5, 5.41) is 0. The van der Waals surface area contributed by atoms with Gasteiger partial charge in [-0.15, -0.1) is 35.3 Å². The molecule has 0 aromatic carbocycles. The van der Waals surface area contributed by atoms with Crippen LogP contribution in [0.15, 0.2) is 0 Å². The van der Waals surface area contributed by atoms with E-state index in [-0.39, 0.29) is 0 Å². The van der Waals surface area contributed by atoms with E-state index in [0.29, 0.717) is 9.16 Å². The summed E-state index contributed by atoms with van der Waals surface area (Å²) >= 11 is 10.6. The van der Waals surface area contributed by atoms with Crippen LogP contribution in [0.1, 0.15) is 20.8 Å². The van der Waals surface area contributed by atoms with Crippen LogP contribution >= 0.6 is 47.9 Å². The maximum absolute atomic E-state index is 4.59. The van der Waals surface area contributed by atoms with Gasteiger partial charge in [-0.3, -0.25) is 0 Å². The first-order valence-electron chi connectivity index (χ1n) is 4.29. The Kier molecular flexibility index (Phi) is 10.0. The van der Waals surface area contributed by atoms with Crippen molar-refractivity contribution < 1.29 is 0 Å². The van der Waals surface area contributed by atoms with Crippen molar-refractivity contribution in [3.8, 4) is 0 Å². The Hall–Kier alpha value is 1.40. The second-order valence-corrected chi connectivity index (χ2v) is 7.58. The molecule has 0 fully saturated rings. The predicted octanol–water partition coefficient (Wildman–Crippen LogP) is 3.83. The molecule has 0 bridgehead atoms. The highest BCUT2D eigenvalue weighted by molar-refractivity contribution is 8.20. The summed E-state index contributed by atoms with van der Waals surface area (Å²) in [4.78, 5) is 0. The molecule has 4 heteroatoms. The van der Waals surface area contributed by atoms with E-state index in [4.69, 9.17) is 0 Å². The number of thiol groups is 1. The second kappa shape index (κ2) is 8.97. The Bertz CT molecular complexity index is 91.1. The van der Waals surface area contributed by atoms with Crippen LogP contribution in [0.3, 0.4) is 0 Å². The maximum atomic E-state index is 4.59. The lowest BCUT2D eigenvalue weighted by molar-refractivity contribution is 1.32. The first kappa shape index (κ1) is 13.4. The molecule has 1 atom stereocenters. The van der Waals surface area contributed by atoms with E-state index in [0.717, 1.165) is 0 Å². The Balaban J connectivity index is 3.72. The molecule has 0 heterocycles. The third-order valence-electron chi connectivity index (χ3n) is 1.23. The van der Waals surface area contributed by atoms with E-state index in [2.05, 4.69) is 33.4 Å². The van der Waals surface area contributed by atoms with Crippen molar-refractivity contribution in [2.24, 2.45) is 0 Å². The Morgan fingerprint density at radius 3 is 1.67 bits per heavy atom. The van der Waals surface area contributed by atoms with E-state index in [1.807, 2.05) is 35.3 Å². The molecule has 0 aliphatic carbocycles. The lowest BCUT2D eigenvalue weighted by atomic mass is 10.9. The molecule has 0 spiro atoms. The van der Waals surface area contributed by atoms with Gasteiger partial charge >= 0.3 is 0 Å². The van der Waals surface area contributed by atoms with E-state index in [1.165, 1.54) is 17.3 Å². The van der Waals surface area contributed by atoms with Crippen molar-refractivity contribution in [1.29, 1.82) is 0 Å². The molecule has 0 aliphatic heterocycles. The third kappa shape index (κ3) is 5.95. The average Bonchev–Trinajstić information content (AvgIpc) is 2.04. The molecule has 0 aromatic rings. The Morgan fingerprint density at radius 2 is 1.33 bits per heavy atom. The largest absolute Gasteiger partial charge is 0.163 e. The molecule has 0 amide bonds. The second-order valence-electron chi connectivity index (χ2n) is 2.12. The molecule has 0 nitrogen and oxygen atoms in total. The molecular formula is C8H18S4. The molecule has 0 radical (unpaired) electrons. The van der Waals surface area contributed by atoms with Crippen LogP contribution in [0.25, 0.3) is 0 Å². The van der Waals surface area contributed by atoms with Crippen molar-refractivity contribution in [2.75, 3.05) is 17.3 Å². The predicted molar refractivity (Wildman–Crippen MR) is 71.0 cm³/mol. The lowest BCUT2D eigenvalue weighted by Gasteiger charge is -2.20. The van der Waals surface area contributed by atoms with E-state index in [1.54, 1.807) is 0 Å². The minimum atomic E-state index is 0.491. The summed E-state index contributed by atoms with van der Waals surface area (Å²) in [5.74, 6) is 3.55. The van der Waals surface area contributed by atoms with E-state index >= 15 is 0 Å². The van der Waals surface area contributed by atoms with Crippen molar-refractivity contribution in [3.05, 3.63) is 0 Å². The van der Waals surface area contributed by atoms with Gasteiger partial charge in [-0.2, -0.15) is 12.6 Å². The van der Waals surface area contributed by atoms with Crippen LogP contribution in [-0.2, 0) is 0 Å². The molecule has 1 unspecified atom stereocenters.